The summed E-state index contributed by atoms with van der Waals surface area (Å²) in [6.07, 6.45) is 1.67. The monoisotopic (exact) mass is 293 g/mol. The van der Waals surface area contributed by atoms with Crippen molar-refractivity contribution in [2.75, 3.05) is 0 Å². The molecular formula is C12H8BrNOS. The van der Waals surface area contributed by atoms with Crippen LogP contribution in [0.3, 0.4) is 0 Å². The Hall–Kier alpha value is -1.18. The Morgan fingerprint density at radius 1 is 1.38 bits per heavy atom. The molecule has 0 aliphatic rings. The van der Waals surface area contributed by atoms with Crippen LogP contribution in [0.1, 0.15) is 11.3 Å². The molecule has 1 aromatic carbocycles. The topological polar surface area (TPSA) is 36.9 Å². The van der Waals surface area contributed by atoms with Gasteiger partial charge in [0.15, 0.2) is 0 Å². The van der Waals surface area contributed by atoms with E-state index in [1.807, 2.05) is 30.3 Å². The molecule has 0 radical (unpaired) electrons. The van der Waals surface area contributed by atoms with Crippen LogP contribution in [-0.4, -0.2) is 0 Å². The summed E-state index contributed by atoms with van der Waals surface area (Å²) < 4.78 is 6.20. The maximum Gasteiger partial charge on any atom is 0.113 e. The van der Waals surface area contributed by atoms with Gasteiger partial charge >= 0.3 is 0 Å². The van der Waals surface area contributed by atoms with E-state index >= 15 is 0 Å². The highest BCUT2D eigenvalue weighted by atomic mass is 79.9. The van der Waals surface area contributed by atoms with Crippen LogP contribution in [0.4, 0.5) is 0 Å². The molecule has 0 aliphatic heterocycles. The van der Waals surface area contributed by atoms with E-state index in [0.29, 0.717) is 5.56 Å². The van der Waals surface area contributed by atoms with Gasteiger partial charge in [0, 0.05) is 9.37 Å². The molecule has 0 fully saturated rings. The molecule has 1 aromatic heterocycles. The summed E-state index contributed by atoms with van der Waals surface area (Å²) in [4.78, 5) is 1.11. The zero-order chi connectivity index (χ0) is 11.4. The molecule has 2 rings (SSSR count). The predicted molar refractivity (Wildman–Crippen MR) is 67.1 cm³/mol. The molecule has 0 saturated heterocycles. The van der Waals surface area contributed by atoms with Crippen LogP contribution in [0.15, 0.2) is 50.4 Å². The fourth-order valence-corrected chi connectivity index (χ4v) is 2.78. The normalized spacial score (nSPS) is 10.0. The molecule has 0 spiro atoms. The minimum Gasteiger partial charge on any atom is -0.468 e. The summed E-state index contributed by atoms with van der Waals surface area (Å²) in [5.74, 6) is 1.73. The van der Waals surface area contributed by atoms with E-state index in [2.05, 4.69) is 22.0 Å². The van der Waals surface area contributed by atoms with E-state index in [0.717, 1.165) is 20.9 Å². The van der Waals surface area contributed by atoms with Crippen molar-refractivity contribution < 1.29 is 4.42 Å². The fourth-order valence-electron chi connectivity index (χ4n) is 1.23. The number of halogens is 1. The van der Waals surface area contributed by atoms with Gasteiger partial charge in [0.1, 0.15) is 5.76 Å². The van der Waals surface area contributed by atoms with Crippen LogP contribution < -0.4 is 0 Å². The summed E-state index contributed by atoms with van der Waals surface area (Å²) >= 11 is 5.12. The van der Waals surface area contributed by atoms with Crippen molar-refractivity contribution >= 4 is 27.7 Å². The Bertz CT molecular complexity index is 516. The second kappa shape index (κ2) is 5.24. The fraction of sp³-hybridized carbons (Fsp3) is 0.0833. The van der Waals surface area contributed by atoms with Crippen LogP contribution in [0.5, 0.6) is 0 Å². The molecule has 0 bridgehead atoms. The van der Waals surface area contributed by atoms with Crippen molar-refractivity contribution in [3.8, 4) is 6.07 Å². The van der Waals surface area contributed by atoms with Gasteiger partial charge in [-0.2, -0.15) is 5.26 Å². The largest absolute Gasteiger partial charge is 0.468 e. The van der Waals surface area contributed by atoms with Crippen LogP contribution in [0.2, 0.25) is 0 Å². The summed E-state index contributed by atoms with van der Waals surface area (Å²) in [5.41, 5.74) is 0.661. The molecule has 0 aliphatic carbocycles. The van der Waals surface area contributed by atoms with Crippen molar-refractivity contribution in [1.82, 2.24) is 0 Å². The molecule has 1 heterocycles. The van der Waals surface area contributed by atoms with Gasteiger partial charge in [-0.3, -0.25) is 0 Å². The molecule has 0 amide bonds. The predicted octanol–water partition coefficient (Wildman–Crippen LogP) is 4.21. The first-order valence-corrected chi connectivity index (χ1v) is 6.42. The number of thioether (sulfide) groups is 1. The highest BCUT2D eigenvalue weighted by Gasteiger charge is 2.03. The van der Waals surface area contributed by atoms with Crippen molar-refractivity contribution in [3.63, 3.8) is 0 Å². The number of nitrogens with zero attached hydrogens (tertiary/aromatic N) is 1. The van der Waals surface area contributed by atoms with Crippen molar-refractivity contribution in [2.24, 2.45) is 0 Å². The van der Waals surface area contributed by atoms with Gasteiger partial charge in [-0.1, -0.05) is 0 Å². The lowest BCUT2D eigenvalue weighted by Gasteiger charge is -2.02. The summed E-state index contributed by atoms with van der Waals surface area (Å²) in [5, 5.41) is 8.74. The molecule has 0 atom stereocenters. The van der Waals surface area contributed by atoms with Crippen LogP contribution >= 0.6 is 27.7 Å². The second-order valence-corrected chi connectivity index (χ2v) is 5.00. The third kappa shape index (κ3) is 2.69. The molecule has 2 aromatic rings. The number of benzene rings is 1. The number of hydrogen-bond donors (Lipinski definition) is 0. The van der Waals surface area contributed by atoms with Crippen LogP contribution in [0, 0.1) is 11.3 Å². The summed E-state index contributed by atoms with van der Waals surface area (Å²) in [7, 11) is 0. The molecule has 2 nitrogen and oxygen atoms in total. The zero-order valence-electron chi connectivity index (χ0n) is 8.31. The molecular weight excluding hydrogens is 286 g/mol. The van der Waals surface area contributed by atoms with E-state index < -0.39 is 0 Å². The minimum absolute atomic E-state index is 0.661. The first kappa shape index (κ1) is 11.3. The molecule has 0 N–H and O–H groups in total. The van der Waals surface area contributed by atoms with Gasteiger partial charge < -0.3 is 4.42 Å². The van der Waals surface area contributed by atoms with Crippen molar-refractivity contribution in [3.05, 3.63) is 52.4 Å². The van der Waals surface area contributed by atoms with Gasteiger partial charge in [-0.15, -0.1) is 11.8 Å². The lowest BCUT2D eigenvalue weighted by Crippen LogP contribution is -1.80. The Morgan fingerprint density at radius 3 is 2.88 bits per heavy atom. The van der Waals surface area contributed by atoms with E-state index in [9.17, 15) is 0 Å². The standard InChI is InChI=1S/C12H8BrNOS/c13-11-6-9(7-14)3-4-12(11)16-8-10-2-1-5-15-10/h1-6H,8H2. The van der Waals surface area contributed by atoms with Gasteiger partial charge in [0.05, 0.1) is 23.6 Å². The Kier molecular flexibility index (Phi) is 3.70. The molecule has 16 heavy (non-hydrogen) atoms. The van der Waals surface area contributed by atoms with Crippen LogP contribution in [-0.2, 0) is 5.75 Å². The summed E-state index contributed by atoms with van der Waals surface area (Å²) in [6, 6.07) is 11.5. The average Bonchev–Trinajstić information content (AvgIpc) is 2.80. The van der Waals surface area contributed by atoms with Crippen LogP contribution in [0.25, 0.3) is 0 Å². The van der Waals surface area contributed by atoms with Gasteiger partial charge in [0.25, 0.3) is 0 Å². The quantitative estimate of drug-likeness (QED) is 0.796. The van der Waals surface area contributed by atoms with Crippen molar-refractivity contribution in [1.29, 1.82) is 5.26 Å². The lowest BCUT2D eigenvalue weighted by molar-refractivity contribution is 0.530. The highest BCUT2D eigenvalue weighted by Crippen LogP contribution is 2.30. The number of rotatable bonds is 3. The third-order valence-corrected chi connectivity index (χ3v) is 4.03. The second-order valence-electron chi connectivity index (χ2n) is 3.13. The SMILES string of the molecule is N#Cc1ccc(SCc2ccco2)c(Br)c1. The third-order valence-electron chi connectivity index (χ3n) is 2.01. The molecule has 0 unspecified atom stereocenters. The molecule has 0 saturated carbocycles. The first-order chi connectivity index (χ1) is 7.79. The number of hydrogen-bond acceptors (Lipinski definition) is 3. The summed E-state index contributed by atoms with van der Waals surface area (Å²) in [6.45, 7) is 0. The smallest absolute Gasteiger partial charge is 0.113 e. The van der Waals surface area contributed by atoms with E-state index in [-0.39, 0.29) is 0 Å². The number of furan rings is 1. The minimum atomic E-state index is 0.661. The number of nitriles is 1. The molecule has 80 valence electrons. The Morgan fingerprint density at radius 2 is 2.25 bits per heavy atom. The highest BCUT2D eigenvalue weighted by molar-refractivity contribution is 9.10. The van der Waals surface area contributed by atoms with E-state index in [1.165, 1.54) is 0 Å². The zero-order valence-corrected chi connectivity index (χ0v) is 10.7. The van der Waals surface area contributed by atoms with Gasteiger partial charge in [-0.25, -0.2) is 0 Å². The Balaban J connectivity index is 2.08. The van der Waals surface area contributed by atoms with Crippen molar-refractivity contribution in [2.45, 2.75) is 10.6 Å². The van der Waals surface area contributed by atoms with E-state index in [4.69, 9.17) is 9.68 Å². The van der Waals surface area contributed by atoms with E-state index in [1.54, 1.807) is 18.0 Å². The lowest BCUT2D eigenvalue weighted by atomic mass is 10.2. The maximum atomic E-state index is 8.74. The first-order valence-electron chi connectivity index (χ1n) is 4.64. The van der Waals surface area contributed by atoms with Gasteiger partial charge in [0.2, 0.25) is 0 Å². The average molecular weight is 294 g/mol. The molecule has 4 heteroatoms. The maximum absolute atomic E-state index is 8.74. The Labute approximate surface area is 106 Å². The van der Waals surface area contributed by atoms with Gasteiger partial charge in [-0.05, 0) is 46.3 Å².